The quantitative estimate of drug-likeness (QED) is 0.867. The van der Waals surface area contributed by atoms with Gasteiger partial charge in [0.2, 0.25) is 0 Å². The molecule has 4 heteroatoms. The highest BCUT2D eigenvalue weighted by Gasteiger charge is 2.19. The van der Waals surface area contributed by atoms with Crippen molar-refractivity contribution in [3.63, 3.8) is 0 Å². The Morgan fingerprint density at radius 2 is 2.17 bits per heavy atom. The van der Waals surface area contributed by atoms with E-state index in [0.717, 1.165) is 29.7 Å². The van der Waals surface area contributed by atoms with E-state index in [1.54, 1.807) is 6.20 Å². The zero-order valence-electron chi connectivity index (χ0n) is 9.94. The number of aromatic nitrogens is 1. The van der Waals surface area contributed by atoms with Crippen LogP contribution in [0.2, 0.25) is 0 Å². The maximum Gasteiger partial charge on any atom is 0.0445 e. The number of anilines is 2. The van der Waals surface area contributed by atoms with E-state index < -0.39 is 0 Å². The maximum atomic E-state index is 5.86. The molecule has 3 nitrogen and oxygen atoms in total. The van der Waals surface area contributed by atoms with Crippen molar-refractivity contribution < 1.29 is 0 Å². The van der Waals surface area contributed by atoms with Gasteiger partial charge in [0, 0.05) is 41.3 Å². The van der Waals surface area contributed by atoms with Crippen molar-refractivity contribution in [2.75, 3.05) is 17.2 Å². The van der Waals surface area contributed by atoms with Gasteiger partial charge < -0.3 is 10.6 Å². The largest absolute Gasteiger partial charge is 0.399 e. The SMILES string of the molecule is Nc1ccc2c(c1)N(Cc1cncc(Br)c1)CC2. The van der Waals surface area contributed by atoms with Gasteiger partial charge in [-0.15, -0.1) is 0 Å². The smallest absolute Gasteiger partial charge is 0.0445 e. The molecule has 0 unspecified atom stereocenters. The average Bonchev–Trinajstić information content (AvgIpc) is 2.72. The molecule has 2 aromatic rings. The minimum absolute atomic E-state index is 0.827. The lowest BCUT2D eigenvalue weighted by Gasteiger charge is -2.19. The Morgan fingerprint density at radius 1 is 1.28 bits per heavy atom. The summed E-state index contributed by atoms with van der Waals surface area (Å²) in [6.07, 6.45) is 4.81. The van der Waals surface area contributed by atoms with Crippen molar-refractivity contribution in [2.24, 2.45) is 0 Å². The topological polar surface area (TPSA) is 42.1 Å². The number of nitrogens with zero attached hydrogens (tertiary/aromatic N) is 2. The standard InChI is InChI=1S/C14H14BrN3/c15-12-5-10(7-17-8-12)9-18-4-3-11-1-2-13(16)6-14(11)18/h1-2,5-8H,3-4,9,16H2. The maximum absolute atomic E-state index is 5.86. The molecule has 92 valence electrons. The van der Waals surface area contributed by atoms with Crippen LogP contribution in [0, 0.1) is 0 Å². The van der Waals surface area contributed by atoms with Crippen molar-refractivity contribution in [3.8, 4) is 0 Å². The number of nitrogen functional groups attached to an aromatic ring is 1. The molecule has 3 rings (SSSR count). The van der Waals surface area contributed by atoms with Gasteiger partial charge in [0.15, 0.2) is 0 Å². The zero-order chi connectivity index (χ0) is 12.5. The molecule has 0 atom stereocenters. The number of rotatable bonds is 2. The molecule has 0 amide bonds. The van der Waals surface area contributed by atoms with Crippen molar-refractivity contribution in [1.82, 2.24) is 4.98 Å². The molecular formula is C14H14BrN3. The summed E-state index contributed by atoms with van der Waals surface area (Å²) in [5, 5.41) is 0. The Hall–Kier alpha value is -1.55. The Labute approximate surface area is 115 Å². The fourth-order valence-corrected chi connectivity index (χ4v) is 2.80. The highest BCUT2D eigenvalue weighted by Crippen LogP contribution is 2.31. The molecule has 18 heavy (non-hydrogen) atoms. The summed E-state index contributed by atoms with van der Waals surface area (Å²) in [6.45, 7) is 1.92. The highest BCUT2D eigenvalue weighted by molar-refractivity contribution is 9.10. The van der Waals surface area contributed by atoms with Gasteiger partial charge in [0.05, 0.1) is 0 Å². The van der Waals surface area contributed by atoms with E-state index in [1.165, 1.54) is 16.8 Å². The van der Waals surface area contributed by atoms with E-state index in [1.807, 2.05) is 12.3 Å². The predicted octanol–water partition coefficient (Wildman–Crippen LogP) is 2.99. The van der Waals surface area contributed by atoms with E-state index in [9.17, 15) is 0 Å². The molecule has 2 N–H and O–H groups in total. The summed E-state index contributed by atoms with van der Waals surface area (Å²) in [7, 11) is 0. The second-order valence-electron chi connectivity index (χ2n) is 4.57. The third-order valence-corrected chi connectivity index (χ3v) is 3.67. The predicted molar refractivity (Wildman–Crippen MR) is 77.5 cm³/mol. The first-order chi connectivity index (χ1) is 8.72. The lowest BCUT2D eigenvalue weighted by atomic mass is 10.1. The van der Waals surface area contributed by atoms with Crippen LogP contribution < -0.4 is 10.6 Å². The van der Waals surface area contributed by atoms with E-state index in [-0.39, 0.29) is 0 Å². The van der Waals surface area contributed by atoms with Gasteiger partial charge in [-0.05, 0) is 51.7 Å². The third-order valence-electron chi connectivity index (χ3n) is 3.24. The number of halogens is 1. The monoisotopic (exact) mass is 303 g/mol. The molecule has 1 aliphatic heterocycles. The Kier molecular flexibility index (Phi) is 2.96. The fraction of sp³-hybridized carbons (Fsp3) is 0.214. The molecule has 0 saturated heterocycles. The van der Waals surface area contributed by atoms with Crippen molar-refractivity contribution >= 4 is 27.3 Å². The first-order valence-corrected chi connectivity index (χ1v) is 6.74. The average molecular weight is 304 g/mol. The van der Waals surface area contributed by atoms with E-state index in [4.69, 9.17) is 5.73 Å². The Morgan fingerprint density at radius 3 is 3.00 bits per heavy atom. The fourth-order valence-electron chi connectivity index (χ4n) is 2.39. The molecule has 0 aliphatic carbocycles. The van der Waals surface area contributed by atoms with Crippen LogP contribution in [-0.2, 0) is 13.0 Å². The van der Waals surface area contributed by atoms with Gasteiger partial charge in [-0.25, -0.2) is 0 Å². The minimum atomic E-state index is 0.827. The summed E-state index contributed by atoms with van der Waals surface area (Å²) >= 11 is 3.45. The van der Waals surface area contributed by atoms with Crippen LogP contribution in [0.25, 0.3) is 0 Å². The Bertz CT molecular complexity index is 583. The number of nitrogens with two attached hydrogens (primary N) is 1. The molecule has 0 spiro atoms. The molecule has 2 heterocycles. The number of benzene rings is 1. The molecule has 1 aliphatic rings. The lowest BCUT2D eigenvalue weighted by molar-refractivity contribution is 0.832. The second kappa shape index (κ2) is 4.61. The van der Waals surface area contributed by atoms with E-state index >= 15 is 0 Å². The van der Waals surface area contributed by atoms with Crippen LogP contribution in [0.1, 0.15) is 11.1 Å². The van der Waals surface area contributed by atoms with Gasteiger partial charge in [-0.2, -0.15) is 0 Å². The van der Waals surface area contributed by atoms with Crippen LogP contribution >= 0.6 is 15.9 Å². The van der Waals surface area contributed by atoms with Gasteiger partial charge >= 0.3 is 0 Å². The number of pyridine rings is 1. The van der Waals surface area contributed by atoms with Crippen molar-refractivity contribution in [2.45, 2.75) is 13.0 Å². The molecule has 0 radical (unpaired) electrons. The number of hydrogen-bond donors (Lipinski definition) is 1. The van der Waals surface area contributed by atoms with Crippen LogP contribution in [0.15, 0.2) is 41.1 Å². The molecule has 0 bridgehead atoms. The van der Waals surface area contributed by atoms with Crippen LogP contribution in [-0.4, -0.2) is 11.5 Å². The summed E-state index contributed by atoms with van der Waals surface area (Å²) in [4.78, 5) is 6.56. The highest BCUT2D eigenvalue weighted by atomic mass is 79.9. The van der Waals surface area contributed by atoms with Crippen molar-refractivity contribution in [3.05, 3.63) is 52.3 Å². The first-order valence-electron chi connectivity index (χ1n) is 5.95. The summed E-state index contributed by atoms with van der Waals surface area (Å²) < 4.78 is 1.02. The number of hydrogen-bond acceptors (Lipinski definition) is 3. The Balaban J connectivity index is 1.86. The summed E-state index contributed by atoms with van der Waals surface area (Å²) in [5.41, 5.74) is 10.5. The van der Waals surface area contributed by atoms with Crippen LogP contribution in [0.3, 0.4) is 0 Å². The second-order valence-corrected chi connectivity index (χ2v) is 5.49. The van der Waals surface area contributed by atoms with Gasteiger partial charge in [0.1, 0.15) is 0 Å². The molecule has 1 aromatic carbocycles. The van der Waals surface area contributed by atoms with E-state index in [0.29, 0.717) is 0 Å². The summed E-state index contributed by atoms with van der Waals surface area (Å²) in [5.74, 6) is 0. The van der Waals surface area contributed by atoms with Gasteiger partial charge in [-0.1, -0.05) is 6.07 Å². The normalized spacial score (nSPS) is 13.7. The first kappa shape index (κ1) is 11.5. The molecular weight excluding hydrogens is 290 g/mol. The van der Waals surface area contributed by atoms with Crippen LogP contribution in [0.5, 0.6) is 0 Å². The van der Waals surface area contributed by atoms with Gasteiger partial charge in [0.25, 0.3) is 0 Å². The third kappa shape index (κ3) is 2.20. The minimum Gasteiger partial charge on any atom is -0.399 e. The number of fused-ring (bicyclic) bond motifs is 1. The molecule has 1 aromatic heterocycles. The lowest BCUT2D eigenvalue weighted by Crippen LogP contribution is -2.19. The van der Waals surface area contributed by atoms with Gasteiger partial charge in [-0.3, -0.25) is 4.98 Å². The summed E-state index contributed by atoms with van der Waals surface area (Å²) in [6, 6.07) is 8.28. The van der Waals surface area contributed by atoms with Crippen molar-refractivity contribution in [1.29, 1.82) is 0 Å². The van der Waals surface area contributed by atoms with Crippen LogP contribution in [0.4, 0.5) is 11.4 Å². The molecule has 0 saturated carbocycles. The van der Waals surface area contributed by atoms with E-state index in [2.05, 4.69) is 44.0 Å². The zero-order valence-corrected chi connectivity index (χ0v) is 11.5. The molecule has 0 fully saturated rings.